The Kier molecular flexibility index (Phi) is 4.65. The van der Waals surface area contributed by atoms with Gasteiger partial charge in [0.1, 0.15) is 0 Å². The summed E-state index contributed by atoms with van der Waals surface area (Å²) in [7, 11) is -1.41. The monoisotopic (exact) mass is 363 g/mol. The molecule has 1 aliphatic rings. The van der Waals surface area contributed by atoms with Crippen LogP contribution < -0.4 is 0 Å². The minimum Gasteiger partial charge on any atom is -0.338 e. The first kappa shape index (κ1) is 17.0. The smallest absolute Gasteiger partial charge is 0.255 e. The Morgan fingerprint density at radius 3 is 2.46 bits per heavy atom. The number of amides is 1. The lowest BCUT2D eigenvalue weighted by atomic mass is 10.0. The van der Waals surface area contributed by atoms with E-state index in [9.17, 15) is 13.2 Å². The molecule has 1 fully saturated rings. The van der Waals surface area contributed by atoms with Gasteiger partial charge < -0.3 is 4.90 Å². The standard InChI is InChI=1S/C18H18ClNO3S/c1-20(15-9-10-24(22,23)12-15)18(21)16-11-14(7-8-17(16)19)13-5-3-2-4-6-13/h2-8,11,15H,9-10,12H2,1H3. The zero-order chi connectivity index (χ0) is 17.3. The van der Waals surface area contributed by atoms with Crippen LogP contribution in [0.5, 0.6) is 0 Å². The summed E-state index contributed by atoms with van der Waals surface area (Å²) in [6.07, 6.45) is 0.473. The SMILES string of the molecule is CN(C(=O)c1cc(-c2ccccc2)ccc1Cl)C1CCS(=O)(=O)C1. The van der Waals surface area contributed by atoms with E-state index in [1.807, 2.05) is 36.4 Å². The summed E-state index contributed by atoms with van der Waals surface area (Å²) in [5, 5.41) is 0.368. The van der Waals surface area contributed by atoms with E-state index >= 15 is 0 Å². The van der Waals surface area contributed by atoms with Gasteiger partial charge in [-0.1, -0.05) is 48.0 Å². The van der Waals surface area contributed by atoms with Crippen molar-refractivity contribution in [2.75, 3.05) is 18.6 Å². The molecule has 1 amide bonds. The number of hydrogen-bond donors (Lipinski definition) is 0. The normalized spacial score (nSPS) is 19.2. The topological polar surface area (TPSA) is 54.5 Å². The van der Waals surface area contributed by atoms with E-state index in [0.717, 1.165) is 11.1 Å². The van der Waals surface area contributed by atoms with Gasteiger partial charge in [0.25, 0.3) is 5.91 Å². The van der Waals surface area contributed by atoms with Crippen LogP contribution in [0.15, 0.2) is 48.5 Å². The predicted molar refractivity (Wildman–Crippen MR) is 96.0 cm³/mol. The molecule has 24 heavy (non-hydrogen) atoms. The van der Waals surface area contributed by atoms with Crippen LogP contribution in [0.3, 0.4) is 0 Å². The zero-order valence-electron chi connectivity index (χ0n) is 13.3. The second kappa shape index (κ2) is 6.57. The molecule has 126 valence electrons. The van der Waals surface area contributed by atoms with Crippen molar-refractivity contribution >= 4 is 27.3 Å². The van der Waals surface area contributed by atoms with Gasteiger partial charge in [0.15, 0.2) is 9.84 Å². The highest BCUT2D eigenvalue weighted by molar-refractivity contribution is 7.91. The fourth-order valence-electron chi connectivity index (χ4n) is 2.94. The lowest BCUT2D eigenvalue weighted by molar-refractivity contribution is 0.0748. The number of benzene rings is 2. The molecule has 0 spiro atoms. The molecule has 1 atom stereocenters. The van der Waals surface area contributed by atoms with Crippen molar-refractivity contribution < 1.29 is 13.2 Å². The first-order chi connectivity index (χ1) is 11.4. The van der Waals surface area contributed by atoms with Gasteiger partial charge in [-0.2, -0.15) is 0 Å². The van der Waals surface area contributed by atoms with Crippen LogP contribution >= 0.6 is 11.6 Å². The van der Waals surface area contributed by atoms with E-state index in [1.54, 1.807) is 19.2 Å². The number of nitrogens with zero attached hydrogens (tertiary/aromatic N) is 1. The Labute approximate surface area is 147 Å². The average molecular weight is 364 g/mol. The van der Waals surface area contributed by atoms with Gasteiger partial charge in [-0.25, -0.2) is 8.42 Å². The number of hydrogen-bond acceptors (Lipinski definition) is 3. The van der Waals surface area contributed by atoms with Crippen molar-refractivity contribution in [2.24, 2.45) is 0 Å². The molecule has 6 heteroatoms. The van der Waals surface area contributed by atoms with Gasteiger partial charge in [0.2, 0.25) is 0 Å². The number of rotatable bonds is 3. The van der Waals surface area contributed by atoms with Gasteiger partial charge in [0, 0.05) is 13.1 Å². The molecular formula is C18H18ClNO3S. The molecule has 4 nitrogen and oxygen atoms in total. The van der Waals surface area contributed by atoms with Crippen molar-refractivity contribution in [2.45, 2.75) is 12.5 Å². The van der Waals surface area contributed by atoms with Crippen molar-refractivity contribution in [3.8, 4) is 11.1 Å². The molecule has 1 saturated heterocycles. The second-order valence-corrected chi connectivity index (χ2v) is 8.67. The van der Waals surface area contributed by atoms with Crippen molar-refractivity contribution in [3.05, 3.63) is 59.1 Å². The maximum absolute atomic E-state index is 12.8. The summed E-state index contributed by atoms with van der Waals surface area (Å²) in [4.78, 5) is 14.3. The summed E-state index contributed by atoms with van der Waals surface area (Å²) in [5.74, 6) is -0.0990. The molecule has 0 bridgehead atoms. The molecule has 1 heterocycles. The number of sulfone groups is 1. The van der Waals surface area contributed by atoms with Crippen LogP contribution in [-0.2, 0) is 9.84 Å². The van der Waals surface area contributed by atoms with E-state index in [0.29, 0.717) is 17.0 Å². The molecule has 2 aromatic carbocycles. The fourth-order valence-corrected chi connectivity index (χ4v) is 4.91. The quantitative estimate of drug-likeness (QED) is 0.841. The Balaban J connectivity index is 1.90. The van der Waals surface area contributed by atoms with E-state index in [4.69, 9.17) is 11.6 Å². The zero-order valence-corrected chi connectivity index (χ0v) is 14.8. The average Bonchev–Trinajstić information content (AvgIpc) is 2.95. The van der Waals surface area contributed by atoms with Crippen molar-refractivity contribution in [1.82, 2.24) is 4.90 Å². The third kappa shape index (κ3) is 3.47. The highest BCUT2D eigenvalue weighted by Crippen LogP contribution is 2.27. The molecule has 3 rings (SSSR count). The van der Waals surface area contributed by atoms with Crippen LogP contribution in [0.2, 0.25) is 5.02 Å². The van der Waals surface area contributed by atoms with Gasteiger partial charge in [-0.05, 0) is 29.7 Å². The van der Waals surface area contributed by atoms with E-state index in [2.05, 4.69) is 0 Å². The molecule has 1 unspecified atom stereocenters. The van der Waals surface area contributed by atoms with Gasteiger partial charge in [-0.3, -0.25) is 4.79 Å². The van der Waals surface area contributed by atoms with Crippen molar-refractivity contribution in [3.63, 3.8) is 0 Å². The summed E-state index contributed by atoms with van der Waals surface area (Å²) in [5.41, 5.74) is 2.29. The maximum Gasteiger partial charge on any atom is 0.255 e. The van der Waals surface area contributed by atoms with Gasteiger partial charge in [0.05, 0.1) is 22.1 Å². The Hall–Kier alpha value is -1.85. The van der Waals surface area contributed by atoms with Gasteiger partial charge in [-0.15, -0.1) is 0 Å². The molecule has 0 saturated carbocycles. The van der Waals surface area contributed by atoms with Crippen LogP contribution in [0.1, 0.15) is 16.8 Å². The summed E-state index contributed by atoms with van der Waals surface area (Å²) in [6, 6.07) is 14.8. The molecule has 0 aliphatic carbocycles. The third-order valence-electron chi connectivity index (χ3n) is 4.38. The second-order valence-electron chi connectivity index (χ2n) is 6.03. The van der Waals surface area contributed by atoms with E-state index < -0.39 is 9.84 Å². The lowest BCUT2D eigenvalue weighted by Crippen LogP contribution is -2.38. The number of carbonyl (C=O) groups excluding carboxylic acids is 1. The van der Waals surface area contributed by atoms with Crippen LogP contribution in [0.25, 0.3) is 11.1 Å². The summed E-state index contributed by atoms with van der Waals surface area (Å²) in [6.45, 7) is 0. The third-order valence-corrected chi connectivity index (χ3v) is 6.46. The Morgan fingerprint density at radius 2 is 1.83 bits per heavy atom. The lowest BCUT2D eigenvalue weighted by Gasteiger charge is -2.24. The predicted octanol–water partition coefficient (Wildman–Crippen LogP) is 3.27. The molecule has 2 aromatic rings. The first-order valence-electron chi connectivity index (χ1n) is 7.70. The van der Waals surface area contributed by atoms with Gasteiger partial charge >= 0.3 is 0 Å². The highest BCUT2D eigenvalue weighted by atomic mass is 35.5. The molecule has 1 aliphatic heterocycles. The molecule has 0 N–H and O–H groups in total. The Morgan fingerprint density at radius 1 is 1.12 bits per heavy atom. The molecule has 0 aromatic heterocycles. The van der Waals surface area contributed by atoms with Crippen LogP contribution in [0.4, 0.5) is 0 Å². The van der Waals surface area contributed by atoms with Crippen LogP contribution in [-0.4, -0.2) is 43.8 Å². The number of carbonyl (C=O) groups is 1. The molecular weight excluding hydrogens is 346 g/mol. The maximum atomic E-state index is 12.8. The summed E-state index contributed by atoms with van der Waals surface area (Å²) < 4.78 is 23.3. The van der Waals surface area contributed by atoms with Crippen LogP contribution in [0, 0.1) is 0 Å². The molecule has 0 radical (unpaired) electrons. The minimum atomic E-state index is -3.04. The summed E-state index contributed by atoms with van der Waals surface area (Å²) >= 11 is 6.22. The largest absolute Gasteiger partial charge is 0.338 e. The fraction of sp³-hybridized carbons (Fsp3) is 0.278. The van der Waals surface area contributed by atoms with Crippen molar-refractivity contribution in [1.29, 1.82) is 0 Å². The first-order valence-corrected chi connectivity index (χ1v) is 9.90. The Bertz CT molecular complexity index is 865. The number of halogens is 1. The minimum absolute atomic E-state index is 0.0191. The van der Waals surface area contributed by atoms with E-state index in [-0.39, 0.29) is 23.5 Å². The van der Waals surface area contributed by atoms with E-state index in [1.165, 1.54) is 4.90 Å². The highest BCUT2D eigenvalue weighted by Gasteiger charge is 2.33.